The van der Waals surface area contributed by atoms with E-state index < -0.39 is 67.4 Å². The van der Waals surface area contributed by atoms with Gasteiger partial charge in [-0.3, -0.25) is 9.59 Å². The molecule has 0 aromatic heterocycles. The predicted molar refractivity (Wildman–Crippen MR) is 273 cm³/mol. The summed E-state index contributed by atoms with van der Waals surface area (Å²) in [6, 6.07) is -1.03. The van der Waals surface area contributed by atoms with Gasteiger partial charge in [0.15, 0.2) is 12.4 Å². The molecule has 0 aromatic carbocycles. The van der Waals surface area contributed by atoms with Crippen molar-refractivity contribution in [2.24, 2.45) is 0 Å². The average molecular weight is 948 g/mol. The van der Waals surface area contributed by atoms with E-state index in [-0.39, 0.29) is 19.4 Å². The monoisotopic (exact) mass is 948 g/mol. The van der Waals surface area contributed by atoms with Gasteiger partial charge >= 0.3 is 5.97 Å². The highest BCUT2D eigenvalue weighted by atomic mass is 16.7. The molecule has 8 unspecified atom stereocenters. The lowest BCUT2D eigenvalue weighted by atomic mass is 9.99. The van der Waals surface area contributed by atoms with Crippen LogP contribution in [0, 0.1) is 0 Å². The maximum absolute atomic E-state index is 13.3. The zero-order valence-electron chi connectivity index (χ0n) is 42.8. The van der Waals surface area contributed by atoms with Gasteiger partial charge in [0.05, 0.1) is 25.4 Å². The Labute approximate surface area is 408 Å². The van der Waals surface area contributed by atoms with Crippen LogP contribution in [0.25, 0.3) is 0 Å². The highest BCUT2D eigenvalue weighted by Gasteiger charge is 2.47. The smallest absolute Gasteiger partial charge is 0.306 e. The maximum Gasteiger partial charge on any atom is 0.306 e. The molecule has 11 nitrogen and oxygen atoms in total. The standard InChI is InChI=1S/C56H101NO10/c1-4-7-10-13-16-19-22-24-25-26-29-32-35-38-41-44-51(61)67-54-53(63)52(62)50(45-58)66-56(54)65-46-47(48(59)42-39-36-33-30-27-21-18-15-12-9-6-3)57-55(64)49(60)43-40-37-34-31-28-23-20-17-14-11-8-5-2/h8,11,14,17,20,23,39,42,47-50,52-54,56,58-60,62-63H,4-7,9-10,12-13,15-16,18-19,21-22,24-38,40-41,43-46H2,1-3H3,(H,57,64)/b11-8+,17-14+,23-20-,42-39+. The summed E-state index contributed by atoms with van der Waals surface area (Å²) >= 11 is 0. The second kappa shape index (κ2) is 44.8. The first-order valence-corrected chi connectivity index (χ1v) is 27.4. The Morgan fingerprint density at radius 3 is 1.60 bits per heavy atom. The van der Waals surface area contributed by atoms with E-state index >= 15 is 0 Å². The zero-order chi connectivity index (χ0) is 49.0. The van der Waals surface area contributed by atoms with Gasteiger partial charge in [-0.1, -0.05) is 230 Å². The number of rotatable bonds is 45. The third-order valence-electron chi connectivity index (χ3n) is 12.8. The Bertz CT molecular complexity index is 1270. The van der Waals surface area contributed by atoms with E-state index in [4.69, 9.17) is 14.2 Å². The Hall–Kier alpha value is -2.38. The molecule has 0 aromatic rings. The molecule has 1 aliphatic rings. The van der Waals surface area contributed by atoms with Crippen molar-refractivity contribution in [3.63, 3.8) is 0 Å². The van der Waals surface area contributed by atoms with Crippen molar-refractivity contribution in [2.75, 3.05) is 13.2 Å². The summed E-state index contributed by atoms with van der Waals surface area (Å²) in [5.41, 5.74) is 0. The molecule has 67 heavy (non-hydrogen) atoms. The van der Waals surface area contributed by atoms with E-state index in [1.165, 1.54) is 116 Å². The number of unbranched alkanes of at least 4 members (excludes halogenated alkanes) is 27. The molecule has 0 bridgehead atoms. The number of aliphatic hydroxyl groups excluding tert-OH is 5. The van der Waals surface area contributed by atoms with Gasteiger partial charge in [-0.15, -0.1) is 0 Å². The normalized spacial score (nSPS) is 20.4. The second-order valence-corrected chi connectivity index (χ2v) is 19.0. The molecule has 1 aliphatic heterocycles. The molecule has 1 rings (SSSR count). The van der Waals surface area contributed by atoms with Crippen molar-refractivity contribution < 1.29 is 49.3 Å². The van der Waals surface area contributed by atoms with Gasteiger partial charge in [0, 0.05) is 6.42 Å². The Morgan fingerprint density at radius 1 is 0.597 bits per heavy atom. The van der Waals surface area contributed by atoms with E-state index in [1.807, 2.05) is 30.4 Å². The molecule has 1 amide bonds. The van der Waals surface area contributed by atoms with Crippen molar-refractivity contribution in [1.29, 1.82) is 0 Å². The summed E-state index contributed by atoms with van der Waals surface area (Å²) in [7, 11) is 0. The Morgan fingerprint density at radius 2 is 1.07 bits per heavy atom. The molecule has 8 atom stereocenters. The van der Waals surface area contributed by atoms with Crippen LogP contribution in [-0.4, -0.2) is 99.6 Å². The highest BCUT2D eigenvalue weighted by molar-refractivity contribution is 5.80. The van der Waals surface area contributed by atoms with Crippen LogP contribution in [-0.2, 0) is 23.8 Å². The fraction of sp³-hybridized carbons (Fsp3) is 0.821. The molecule has 1 fully saturated rings. The van der Waals surface area contributed by atoms with Crippen LogP contribution in [0.2, 0.25) is 0 Å². The van der Waals surface area contributed by atoms with Gasteiger partial charge in [0.1, 0.15) is 24.4 Å². The van der Waals surface area contributed by atoms with E-state index in [0.717, 1.165) is 70.6 Å². The fourth-order valence-corrected chi connectivity index (χ4v) is 8.42. The average Bonchev–Trinajstić information content (AvgIpc) is 3.32. The predicted octanol–water partition coefficient (Wildman–Crippen LogP) is 11.7. The third-order valence-corrected chi connectivity index (χ3v) is 12.8. The van der Waals surface area contributed by atoms with Crippen LogP contribution in [0.3, 0.4) is 0 Å². The van der Waals surface area contributed by atoms with Gasteiger partial charge in [0.25, 0.3) is 0 Å². The molecule has 11 heteroatoms. The van der Waals surface area contributed by atoms with Crippen molar-refractivity contribution in [1.82, 2.24) is 5.32 Å². The lowest BCUT2D eigenvalue weighted by Gasteiger charge is -2.41. The van der Waals surface area contributed by atoms with Gasteiger partial charge in [-0.05, 0) is 44.9 Å². The quantitative estimate of drug-likeness (QED) is 0.0149. The topological polar surface area (TPSA) is 175 Å². The molecule has 1 heterocycles. The molecule has 0 aliphatic carbocycles. The Kier molecular flexibility index (Phi) is 41.9. The summed E-state index contributed by atoms with van der Waals surface area (Å²) in [5, 5.41) is 56.6. The van der Waals surface area contributed by atoms with E-state index in [9.17, 15) is 35.1 Å². The number of hydrogen-bond donors (Lipinski definition) is 6. The van der Waals surface area contributed by atoms with Crippen molar-refractivity contribution in [2.45, 2.75) is 282 Å². The van der Waals surface area contributed by atoms with Crippen LogP contribution in [0.4, 0.5) is 0 Å². The number of amides is 1. The SMILES string of the molecule is CC/C=C/C=C/C=C\CCCCCCC(O)C(=O)NC(COC1OC(CO)C(O)C(O)C1OC(=O)CCCCCCCCCCCCCCCCC)C(O)/C=C/CCCCCCCCCCC. The minimum atomic E-state index is -1.61. The summed E-state index contributed by atoms with van der Waals surface area (Å²) in [5.74, 6) is -1.21. The minimum absolute atomic E-state index is 0.124. The minimum Gasteiger partial charge on any atom is -0.454 e. The first-order chi connectivity index (χ1) is 32.7. The molecule has 0 saturated carbocycles. The maximum atomic E-state index is 13.3. The highest BCUT2D eigenvalue weighted by Crippen LogP contribution is 2.26. The molecular formula is C56H101NO10. The summed E-state index contributed by atoms with van der Waals surface area (Å²) in [6.45, 7) is 5.61. The number of nitrogens with one attached hydrogen (secondary N) is 1. The van der Waals surface area contributed by atoms with Crippen LogP contribution >= 0.6 is 0 Å². The largest absolute Gasteiger partial charge is 0.454 e. The van der Waals surface area contributed by atoms with Gasteiger partial charge in [0.2, 0.25) is 5.91 Å². The number of allylic oxidation sites excluding steroid dienone is 7. The number of ether oxygens (including phenoxy) is 3. The van der Waals surface area contributed by atoms with Crippen molar-refractivity contribution >= 4 is 11.9 Å². The molecule has 0 spiro atoms. The number of esters is 1. The molecule has 1 saturated heterocycles. The molecular weight excluding hydrogens is 847 g/mol. The molecule has 390 valence electrons. The Balaban J connectivity index is 2.75. The number of carbonyl (C=O) groups excluding carboxylic acids is 2. The number of carbonyl (C=O) groups is 2. The van der Waals surface area contributed by atoms with E-state index in [1.54, 1.807) is 6.08 Å². The fourth-order valence-electron chi connectivity index (χ4n) is 8.42. The number of hydrogen-bond acceptors (Lipinski definition) is 10. The van der Waals surface area contributed by atoms with Crippen LogP contribution < -0.4 is 5.32 Å². The number of aliphatic hydroxyl groups is 5. The van der Waals surface area contributed by atoms with Crippen LogP contribution in [0.5, 0.6) is 0 Å². The van der Waals surface area contributed by atoms with Gasteiger partial charge in [-0.2, -0.15) is 0 Å². The van der Waals surface area contributed by atoms with Crippen LogP contribution in [0.1, 0.15) is 233 Å². The molecule has 6 N–H and O–H groups in total. The van der Waals surface area contributed by atoms with Crippen molar-refractivity contribution in [3.8, 4) is 0 Å². The third kappa shape index (κ3) is 33.7. The lowest BCUT2D eigenvalue weighted by molar-refractivity contribution is -0.305. The van der Waals surface area contributed by atoms with Crippen molar-refractivity contribution in [3.05, 3.63) is 48.6 Å². The lowest BCUT2D eigenvalue weighted by Crippen LogP contribution is -2.61. The molecule has 0 radical (unpaired) electrons. The van der Waals surface area contributed by atoms with E-state index in [2.05, 4.69) is 38.2 Å². The second-order valence-electron chi connectivity index (χ2n) is 19.0. The van der Waals surface area contributed by atoms with Gasteiger partial charge < -0.3 is 45.1 Å². The first-order valence-electron chi connectivity index (χ1n) is 27.4. The first kappa shape index (κ1) is 62.6. The van der Waals surface area contributed by atoms with Gasteiger partial charge in [-0.25, -0.2) is 0 Å². The summed E-state index contributed by atoms with van der Waals surface area (Å²) in [6.07, 6.45) is 41.6. The zero-order valence-corrected chi connectivity index (χ0v) is 42.8. The summed E-state index contributed by atoms with van der Waals surface area (Å²) < 4.78 is 17.5. The van der Waals surface area contributed by atoms with Crippen LogP contribution in [0.15, 0.2) is 48.6 Å². The summed E-state index contributed by atoms with van der Waals surface area (Å²) in [4.78, 5) is 26.4. The van der Waals surface area contributed by atoms with E-state index in [0.29, 0.717) is 12.8 Å².